The Morgan fingerprint density at radius 1 is 1.03 bits per heavy atom. The van der Waals surface area contributed by atoms with Crippen molar-refractivity contribution in [2.45, 2.75) is 32.0 Å². The van der Waals surface area contributed by atoms with Crippen molar-refractivity contribution in [3.8, 4) is 5.75 Å². The number of alkyl halides is 3. The second-order valence-electron chi connectivity index (χ2n) is 6.81. The van der Waals surface area contributed by atoms with Crippen LogP contribution in [-0.4, -0.2) is 10.8 Å². The fraction of sp³-hybridized carbons (Fsp3) is 0.217. The first-order chi connectivity index (χ1) is 14.3. The molecule has 3 rings (SSSR count). The summed E-state index contributed by atoms with van der Waals surface area (Å²) in [4.78, 5) is 16.2. The Bertz CT molecular complexity index is 990. The van der Waals surface area contributed by atoms with Gasteiger partial charge in [-0.25, -0.2) is 0 Å². The third-order valence-corrected chi connectivity index (χ3v) is 4.88. The second kappa shape index (κ2) is 9.76. The molecule has 1 aromatic heterocycles. The van der Waals surface area contributed by atoms with Crippen LogP contribution in [0.15, 0.2) is 67.0 Å². The fourth-order valence-electron chi connectivity index (χ4n) is 2.87. The number of ketones is 1. The lowest BCUT2D eigenvalue weighted by atomic mass is 10.0. The van der Waals surface area contributed by atoms with Crippen molar-refractivity contribution in [1.29, 1.82) is 0 Å². The summed E-state index contributed by atoms with van der Waals surface area (Å²) in [6, 6.07) is 13.8. The van der Waals surface area contributed by atoms with Gasteiger partial charge in [0.05, 0.1) is 5.56 Å². The van der Waals surface area contributed by atoms with Crippen LogP contribution in [0.4, 0.5) is 13.2 Å². The highest BCUT2D eigenvalue weighted by Gasteiger charge is 2.30. The maximum absolute atomic E-state index is 12.8. The largest absolute Gasteiger partial charge is 0.489 e. The molecule has 3 nitrogen and oxygen atoms in total. The summed E-state index contributed by atoms with van der Waals surface area (Å²) in [5.74, 6) is 0.596. The molecule has 1 heterocycles. The quantitative estimate of drug-likeness (QED) is 0.432. The molecule has 0 radical (unpaired) electrons. The molecular formula is C23H19ClF3NO2. The molecule has 156 valence electrons. The van der Waals surface area contributed by atoms with E-state index in [2.05, 4.69) is 4.98 Å². The number of hydrogen-bond acceptors (Lipinski definition) is 3. The summed E-state index contributed by atoms with van der Waals surface area (Å²) in [7, 11) is 0. The molecule has 0 aliphatic rings. The third kappa shape index (κ3) is 6.32. The van der Waals surface area contributed by atoms with Gasteiger partial charge in [-0.15, -0.1) is 0 Å². The van der Waals surface area contributed by atoms with E-state index in [1.54, 1.807) is 36.7 Å². The van der Waals surface area contributed by atoms with Crippen molar-refractivity contribution in [3.05, 3.63) is 94.3 Å². The lowest BCUT2D eigenvalue weighted by molar-refractivity contribution is -0.137. The van der Waals surface area contributed by atoms with Crippen molar-refractivity contribution in [2.24, 2.45) is 0 Å². The Labute approximate surface area is 177 Å². The summed E-state index contributed by atoms with van der Waals surface area (Å²) < 4.78 is 44.1. The molecule has 0 bridgehead atoms. The van der Waals surface area contributed by atoms with Crippen LogP contribution in [0.2, 0.25) is 5.02 Å². The van der Waals surface area contributed by atoms with Gasteiger partial charge < -0.3 is 4.74 Å². The van der Waals surface area contributed by atoms with E-state index < -0.39 is 11.7 Å². The minimum atomic E-state index is -4.44. The van der Waals surface area contributed by atoms with Gasteiger partial charge in [0, 0.05) is 35.8 Å². The van der Waals surface area contributed by atoms with Crippen LogP contribution in [0.3, 0.4) is 0 Å². The Kier molecular flexibility index (Phi) is 7.11. The predicted octanol–water partition coefficient (Wildman–Crippen LogP) is 6.08. The van der Waals surface area contributed by atoms with E-state index in [1.807, 2.05) is 12.1 Å². The molecular weight excluding hydrogens is 415 g/mol. The van der Waals surface area contributed by atoms with E-state index in [4.69, 9.17) is 16.3 Å². The summed E-state index contributed by atoms with van der Waals surface area (Å²) >= 11 is 5.98. The number of nitrogens with zero attached hydrogens (tertiary/aromatic N) is 1. The standard InChI is InChI=1S/C23H19ClF3NO2/c24-22-10-6-19(23(25,26)27)13-18(22)15-30-21-8-4-16(5-9-21)12-20(29)7-3-17-2-1-11-28-14-17/h1-2,4-6,8-11,13-14H,3,7,12,15H2. The van der Waals surface area contributed by atoms with E-state index in [-0.39, 0.29) is 23.0 Å². The van der Waals surface area contributed by atoms with Gasteiger partial charge in [0.25, 0.3) is 0 Å². The Morgan fingerprint density at radius 2 is 1.80 bits per heavy atom. The van der Waals surface area contributed by atoms with Crippen LogP contribution < -0.4 is 4.74 Å². The normalized spacial score (nSPS) is 11.3. The third-order valence-electron chi connectivity index (χ3n) is 4.51. The first-order valence-corrected chi connectivity index (χ1v) is 9.67. The van der Waals surface area contributed by atoms with Crippen molar-refractivity contribution < 1.29 is 22.7 Å². The molecule has 0 atom stereocenters. The number of carbonyl (C=O) groups excluding carboxylic acids is 1. The number of hydrogen-bond donors (Lipinski definition) is 0. The van der Waals surface area contributed by atoms with E-state index in [0.717, 1.165) is 23.3 Å². The Balaban J connectivity index is 1.53. The van der Waals surface area contributed by atoms with Gasteiger partial charge in [0.1, 0.15) is 18.1 Å². The minimum absolute atomic E-state index is 0.0911. The molecule has 0 amide bonds. The average molecular weight is 434 g/mol. The Hall–Kier alpha value is -2.86. The first kappa shape index (κ1) is 21.8. The molecule has 0 saturated heterocycles. The van der Waals surface area contributed by atoms with Gasteiger partial charge in [-0.05, 0) is 53.9 Å². The number of pyridine rings is 1. The zero-order valence-electron chi connectivity index (χ0n) is 16.0. The summed E-state index contributed by atoms with van der Waals surface area (Å²) in [5.41, 5.74) is 1.34. The summed E-state index contributed by atoms with van der Waals surface area (Å²) in [5, 5.41) is 0.207. The number of rotatable bonds is 8. The zero-order chi connectivity index (χ0) is 21.6. The maximum Gasteiger partial charge on any atom is 0.416 e. The molecule has 0 spiro atoms. The highest BCUT2D eigenvalue weighted by atomic mass is 35.5. The highest BCUT2D eigenvalue weighted by molar-refractivity contribution is 6.31. The monoisotopic (exact) mass is 433 g/mol. The molecule has 3 aromatic rings. The van der Waals surface area contributed by atoms with Crippen molar-refractivity contribution in [3.63, 3.8) is 0 Å². The molecule has 2 aromatic carbocycles. The number of benzene rings is 2. The maximum atomic E-state index is 12.8. The van der Waals surface area contributed by atoms with Gasteiger partial charge >= 0.3 is 6.18 Å². The SMILES string of the molecule is O=C(CCc1cccnc1)Cc1ccc(OCc2cc(C(F)(F)F)ccc2Cl)cc1. The van der Waals surface area contributed by atoms with Gasteiger partial charge in [0.2, 0.25) is 0 Å². The van der Waals surface area contributed by atoms with Crippen molar-refractivity contribution in [2.75, 3.05) is 0 Å². The topological polar surface area (TPSA) is 39.2 Å². The molecule has 0 saturated carbocycles. The van der Waals surface area contributed by atoms with E-state index in [0.29, 0.717) is 25.0 Å². The fourth-order valence-corrected chi connectivity index (χ4v) is 3.04. The number of ether oxygens (including phenoxy) is 1. The van der Waals surface area contributed by atoms with Crippen molar-refractivity contribution >= 4 is 17.4 Å². The minimum Gasteiger partial charge on any atom is -0.489 e. The van der Waals surface area contributed by atoms with Crippen LogP contribution in [-0.2, 0) is 30.4 Å². The van der Waals surface area contributed by atoms with Gasteiger partial charge in [0.15, 0.2) is 0 Å². The van der Waals surface area contributed by atoms with Gasteiger partial charge in [-0.3, -0.25) is 9.78 Å². The van der Waals surface area contributed by atoms with Crippen LogP contribution >= 0.6 is 11.6 Å². The molecule has 0 aliphatic heterocycles. The predicted molar refractivity (Wildman–Crippen MR) is 108 cm³/mol. The average Bonchev–Trinajstić information content (AvgIpc) is 2.72. The second-order valence-corrected chi connectivity index (χ2v) is 7.22. The zero-order valence-corrected chi connectivity index (χ0v) is 16.7. The molecule has 0 N–H and O–H groups in total. The highest BCUT2D eigenvalue weighted by Crippen LogP contribution is 2.32. The summed E-state index contributed by atoms with van der Waals surface area (Å²) in [6.45, 7) is -0.0911. The van der Waals surface area contributed by atoms with Crippen molar-refractivity contribution in [1.82, 2.24) is 4.98 Å². The number of carbonyl (C=O) groups is 1. The number of aryl methyl sites for hydroxylation is 1. The molecule has 30 heavy (non-hydrogen) atoms. The number of Topliss-reactive ketones (excluding diaryl/α,β-unsaturated/α-hetero) is 1. The molecule has 0 fully saturated rings. The molecule has 0 unspecified atom stereocenters. The van der Waals surface area contributed by atoms with Crippen LogP contribution in [0.25, 0.3) is 0 Å². The molecule has 0 aliphatic carbocycles. The van der Waals surface area contributed by atoms with Crippen LogP contribution in [0.5, 0.6) is 5.75 Å². The smallest absolute Gasteiger partial charge is 0.416 e. The van der Waals surface area contributed by atoms with Gasteiger partial charge in [-0.2, -0.15) is 13.2 Å². The number of halogens is 4. The first-order valence-electron chi connectivity index (χ1n) is 9.29. The number of aromatic nitrogens is 1. The van der Waals surface area contributed by atoms with E-state index in [1.165, 1.54) is 6.07 Å². The molecule has 7 heteroatoms. The van der Waals surface area contributed by atoms with Crippen LogP contribution in [0, 0.1) is 0 Å². The summed E-state index contributed by atoms with van der Waals surface area (Å²) in [6.07, 6.45) is 0.375. The van der Waals surface area contributed by atoms with E-state index >= 15 is 0 Å². The lowest BCUT2D eigenvalue weighted by Crippen LogP contribution is -2.07. The van der Waals surface area contributed by atoms with Crippen LogP contribution in [0.1, 0.15) is 28.7 Å². The lowest BCUT2D eigenvalue weighted by Gasteiger charge is -2.12. The van der Waals surface area contributed by atoms with Gasteiger partial charge in [-0.1, -0.05) is 29.8 Å². The van der Waals surface area contributed by atoms with E-state index in [9.17, 15) is 18.0 Å². The Morgan fingerprint density at radius 3 is 2.47 bits per heavy atom.